The molecule has 5 nitrogen and oxygen atoms in total. The van der Waals surface area contributed by atoms with E-state index in [1.54, 1.807) is 6.92 Å². The Bertz CT molecular complexity index is 1130. The van der Waals surface area contributed by atoms with Crippen molar-refractivity contribution in [2.24, 2.45) is 0 Å². The first-order valence-electron chi connectivity index (χ1n) is 11.0. The quantitative estimate of drug-likeness (QED) is 0.217. The zero-order valence-corrected chi connectivity index (χ0v) is 20.6. The molecule has 0 aliphatic carbocycles. The lowest BCUT2D eigenvalue weighted by Gasteiger charge is -2.14. The molecule has 0 saturated carbocycles. The summed E-state index contributed by atoms with van der Waals surface area (Å²) in [5, 5.41) is 9.55. The number of hydrogen-bond donors (Lipinski definition) is 1. The fourth-order valence-electron chi connectivity index (χ4n) is 3.49. The number of benzene rings is 2. The molecule has 3 atom stereocenters. The third-order valence-electron chi connectivity index (χ3n) is 5.29. The van der Waals surface area contributed by atoms with Gasteiger partial charge in [0.05, 0.1) is 18.3 Å². The number of halogens is 3. The Morgan fingerprint density at radius 1 is 1.14 bits per heavy atom. The molecular weight excluding hydrogens is 481 g/mol. The van der Waals surface area contributed by atoms with Gasteiger partial charge in [0.2, 0.25) is 0 Å². The van der Waals surface area contributed by atoms with Gasteiger partial charge in [-0.15, -0.1) is 11.8 Å². The number of allylic oxidation sites excluding steroid dienone is 1. The van der Waals surface area contributed by atoms with Gasteiger partial charge in [0, 0.05) is 18.4 Å². The van der Waals surface area contributed by atoms with Crippen LogP contribution in [0.15, 0.2) is 72.0 Å². The average molecular weight is 511 g/mol. The Hall–Kier alpha value is -2.80. The molecule has 1 aliphatic rings. The maximum Gasteiger partial charge on any atom is 0.534 e. The summed E-state index contributed by atoms with van der Waals surface area (Å²) in [6, 6.07) is 18.8. The van der Waals surface area contributed by atoms with Gasteiger partial charge in [0.1, 0.15) is 5.76 Å². The second-order valence-corrected chi connectivity index (χ2v) is 9.30. The lowest BCUT2D eigenvalue weighted by Crippen LogP contribution is -2.25. The SMILES string of the molecule is CC#CCC(O)c1ccccc1.CC[C@@H]1O[C@H](c2ccccc2)C/C1=C(/C)OS(=O)(=O)C(F)(F)F. The van der Waals surface area contributed by atoms with E-state index < -0.39 is 27.8 Å². The summed E-state index contributed by atoms with van der Waals surface area (Å²) in [4.78, 5) is 0. The van der Waals surface area contributed by atoms with Crippen molar-refractivity contribution in [2.45, 2.75) is 63.9 Å². The predicted molar refractivity (Wildman–Crippen MR) is 127 cm³/mol. The summed E-state index contributed by atoms with van der Waals surface area (Å²) in [5.74, 6) is 5.33. The van der Waals surface area contributed by atoms with E-state index in [0.717, 1.165) is 11.1 Å². The molecule has 0 amide bonds. The van der Waals surface area contributed by atoms with E-state index in [2.05, 4.69) is 16.0 Å². The molecule has 0 spiro atoms. The van der Waals surface area contributed by atoms with E-state index in [1.807, 2.05) is 67.6 Å². The van der Waals surface area contributed by atoms with Crippen LogP contribution in [0.2, 0.25) is 0 Å². The van der Waals surface area contributed by atoms with Crippen LogP contribution in [0.25, 0.3) is 0 Å². The fourth-order valence-corrected chi connectivity index (χ4v) is 4.02. The van der Waals surface area contributed by atoms with Gasteiger partial charge < -0.3 is 14.0 Å². The molecule has 190 valence electrons. The van der Waals surface area contributed by atoms with Crippen LogP contribution in [-0.2, 0) is 19.0 Å². The molecule has 0 bridgehead atoms. The molecule has 1 aliphatic heterocycles. The highest BCUT2D eigenvalue weighted by Crippen LogP contribution is 2.40. The molecule has 0 radical (unpaired) electrons. The minimum atomic E-state index is -5.66. The average Bonchev–Trinajstić information content (AvgIpc) is 3.28. The molecule has 3 rings (SSSR count). The van der Waals surface area contributed by atoms with Crippen molar-refractivity contribution in [3.05, 3.63) is 83.1 Å². The smallest absolute Gasteiger partial charge is 0.387 e. The van der Waals surface area contributed by atoms with Crippen molar-refractivity contribution in [3.63, 3.8) is 0 Å². The van der Waals surface area contributed by atoms with Gasteiger partial charge >= 0.3 is 15.6 Å². The molecule has 35 heavy (non-hydrogen) atoms. The summed E-state index contributed by atoms with van der Waals surface area (Å²) in [5.41, 5.74) is -3.20. The Balaban J connectivity index is 0.000000303. The summed E-state index contributed by atoms with van der Waals surface area (Å²) >= 11 is 0. The van der Waals surface area contributed by atoms with E-state index in [0.29, 0.717) is 24.8 Å². The highest BCUT2D eigenvalue weighted by atomic mass is 32.2. The fraction of sp³-hybridized carbons (Fsp3) is 0.385. The molecule has 9 heteroatoms. The largest absolute Gasteiger partial charge is 0.534 e. The van der Waals surface area contributed by atoms with E-state index in [9.17, 15) is 26.7 Å². The van der Waals surface area contributed by atoms with E-state index in [4.69, 9.17) is 4.74 Å². The third kappa shape index (κ3) is 8.13. The van der Waals surface area contributed by atoms with Crippen molar-refractivity contribution < 1.29 is 35.6 Å². The van der Waals surface area contributed by atoms with Gasteiger partial charge in [0.15, 0.2) is 0 Å². The molecular formula is C26H29F3O5S. The van der Waals surface area contributed by atoms with Crippen molar-refractivity contribution in [3.8, 4) is 11.8 Å². The van der Waals surface area contributed by atoms with Gasteiger partial charge in [-0.05, 0) is 31.4 Å². The van der Waals surface area contributed by atoms with Gasteiger partial charge in [-0.3, -0.25) is 0 Å². The van der Waals surface area contributed by atoms with Crippen LogP contribution in [0.5, 0.6) is 0 Å². The highest BCUT2D eigenvalue weighted by Gasteiger charge is 2.49. The summed E-state index contributed by atoms with van der Waals surface area (Å²) in [7, 11) is -5.66. The van der Waals surface area contributed by atoms with Crippen molar-refractivity contribution >= 4 is 10.1 Å². The Morgan fingerprint density at radius 3 is 2.23 bits per heavy atom. The zero-order chi connectivity index (χ0) is 26.1. The first kappa shape index (κ1) is 28.4. The van der Waals surface area contributed by atoms with Crippen LogP contribution < -0.4 is 0 Å². The van der Waals surface area contributed by atoms with E-state index >= 15 is 0 Å². The first-order chi connectivity index (χ1) is 16.5. The van der Waals surface area contributed by atoms with Crippen LogP contribution in [0.4, 0.5) is 13.2 Å². The van der Waals surface area contributed by atoms with Crippen molar-refractivity contribution in [2.75, 3.05) is 0 Å². The zero-order valence-electron chi connectivity index (χ0n) is 19.7. The number of aliphatic hydroxyl groups is 1. The molecule has 2 aromatic carbocycles. The number of alkyl halides is 3. The molecule has 1 unspecified atom stereocenters. The van der Waals surface area contributed by atoms with E-state index in [-0.39, 0.29) is 11.9 Å². The standard InChI is InChI=1S/C15H17F3O4S.C11H12O/c1-3-13-12(10(2)22-23(19,20)15(16,17)18)9-14(21-13)11-7-5-4-6-8-11;1-2-3-9-11(12)10-7-5-4-6-8-10/h4-8,13-14H,3,9H2,1-2H3;4-8,11-12H,9H2,1H3/b12-10+;/t13-,14-;/m0./s1. The van der Waals surface area contributed by atoms with Crippen molar-refractivity contribution in [1.82, 2.24) is 0 Å². The lowest BCUT2D eigenvalue weighted by molar-refractivity contribution is -0.0523. The van der Waals surface area contributed by atoms with Crippen molar-refractivity contribution in [1.29, 1.82) is 0 Å². The minimum Gasteiger partial charge on any atom is -0.387 e. The van der Waals surface area contributed by atoms with E-state index in [1.165, 1.54) is 6.92 Å². The van der Waals surface area contributed by atoms with Crippen LogP contribution in [0, 0.1) is 11.8 Å². The second kappa shape index (κ2) is 12.8. The molecule has 1 saturated heterocycles. The number of ether oxygens (including phenoxy) is 1. The number of aliphatic hydroxyl groups excluding tert-OH is 1. The molecule has 1 fully saturated rings. The Morgan fingerprint density at radius 2 is 1.71 bits per heavy atom. The third-order valence-corrected chi connectivity index (χ3v) is 6.33. The van der Waals surface area contributed by atoms with Gasteiger partial charge in [-0.2, -0.15) is 21.6 Å². The van der Waals surface area contributed by atoms with Gasteiger partial charge in [-0.1, -0.05) is 67.6 Å². The van der Waals surface area contributed by atoms with Crippen LogP contribution in [-0.4, -0.2) is 25.1 Å². The number of hydrogen-bond acceptors (Lipinski definition) is 5. The molecule has 1 heterocycles. The molecule has 2 aromatic rings. The van der Waals surface area contributed by atoms with Gasteiger partial charge in [0.25, 0.3) is 0 Å². The predicted octanol–water partition coefficient (Wildman–Crippen LogP) is 6.20. The second-order valence-electron chi connectivity index (χ2n) is 7.76. The minimum absolute atomic E-state index is 0.271. The summed E-state index contributed by atoms with van der Waals surface area (Å²) in [6.45, 7) is 4.80. The van der Waals surface area contributed by atoms with Crippen LogP contribution in [0.1, 0.15) is 63.4 Å². The van der Waals surface area contributed by atoms with Gasteiger partial charge in [-0.25, -0.2) is 0 Å². The monoisotopic (exact) mass is 510 g/mol. The highest BCUT2D eigenvalue weighted by molar-refractivity contribution is 7.87. The maximum atomic E-state index is 12.4. The summed E-state index contributed by atoms with van der Waals surface area (Å²) in [6.07, 6.45) is 0.0683. The number of rotatable bonds is 6. The Labute approximate surface area is 204 Å². The normalized spacial score (nSPS) is 20.1. The Kier molecular flexibility index (Phi) is 10.4. The lowest BCUT2D eigenvalue weighted by atomic mass is 10.0. The van der Waals surface area contributed by atoms with Crippen LogP contribution >= 0.6 is 0 Å². The topological polar surface area (TPSA) is 72.8 Å². The first-order valence-corrected chi connectivity index (χ1v) is 12.4. The molecule has 0 aromatic heterocycles. The molecule has 1 N–H and O–H groups in total. The summed E-state index contributed by atoms with van der Waals surface area (Å²) < 4.78 is 69.7. The van der Waals surface area contributed by atoms with Crippen LogP contribution in [0.3, 0.4) is 0 Å². The maximum absolute atomic E-state index is 12.4.